The van der Waals surface area contributed by atoms with Crippen molar-refractivity contribution < 1.29 is 103 Å². The maximum atomic E-state index is 10.4. The zero-order valence-electron chi connectivity index (χ0n) is 10.4. The summed E-state index contributed by atoms with van der Waals surface area (Å²) >= 11 is 0. The molecule has 13 heteroatoms. The van der Waals surface area contributed by atoms with E-state index in [1.54, 1.807) is 0 Å². The summed E-state index contributed by atoms with van der Waals surface area (Å²) < 4.78 is 13.7. The van der Waals surface area contributed by atoms with Crippen LogP contribution in [0, 0.1) is 0 Å². The van der Waals surface area contributed by atoms with Gasteiger partial charge < -0.3 is 45.0 Å². The molecule has 0 aliphatic heterocycles. The summed E-state index contributed by atoms with van der Waals surface area (Å²) in [6.07, 6.45) is -8.44. The van der Waals surface area contributed by atoms with Gasteiger partial charge in [0, 0.05) is 0 Å². The van der Waals surface area contributed by atoms with Crippen LogP contribution in [0.3, 0.4) is 0 Å². The molecule has 0 bridgehead atoms. The predicted molar refractivity (Wildman–Crippen MR) is 46.8 cm³/mol. The van der Waals surface area contributed by atoms with E-state index < -0.39 is 44.8 Å². The van der Waals surface area contributed by atoms with Crippen molar-refractivity contribution in [2.24, 2.45) is 5.73 Å². The number of phosphoric acid groups is 1. The van der Waals surface area contributed by atoms with E-state index >= 15 is 0 Å². The number of primary amides is 1. The Kier molecular flexibility index (Phi) is 14.8. The molecule has 1 amide bonds. The van der Waals surface area contributed by atoms with Crippen LogP contribution in [0.5, 0.6) is 0 Å². The number of hydrogen-bond donors (Lipinski definition) is 5. The van der Waals surface area contributed by atoms with Gasteiger partial charge in [0.25, 0.3) is 0 Å². The molecule has 0 rings (SSSR count). The largest absolute Gasteiger partial charge is 1.00 e. The van der Waals surface area contributed by atoms with E-state index in [4.69, 9.17) is 20.4 Å². The fraction of sp³-hybridized carbons (Fsp3) is 0.833. The molecule has 0 spiro atoms. The summed E-state index contributed by atoms with van der Waals surface area (Å²) in [6, 6.07) is 0. The van der Waals surface area contributed by atoms with E-state index in [-0.39, 0.29) is 59.1 Å². The molecule has 0 aromatic rings. The Hall–Kier alpha value is 1.42. The summed E-state index contributed by atoms with van der Waals surface area (Å²) in [5, 5.41) is 36.3. The molecule has 0 unspecified atom stereocenters. The van der Waals surface area contributed by atoms with E-state index in [1.807, 2.05) is 0 Å². The van der Waals surface area contributed by atoms with Crippen LogP contribution in [-0.4, -0.2) is 57.4 Å². The van der Waals surface area contributed by atoms with E-state index in [0.29, 0.717) is 0 Å². The molecule has 10 nitrogen and oxygen atoms in total. The van der Waals surface area contributed by atoms with Crippen LogP contribution >= 0.6 is 7.82 Å². The first kappa shape index (κ1) is 25.4. The fourth-order valence-electron chi connectivity index (χ4n) is 0.849. The van der Waals surface area contributed by atoms with Crippen molar-refractivity contribution in [3.8, 4) is 0 Å². The fourth-order valence-corrected chi connectivity index (χ4v) is 1.18. The minimum absolute atomic E-state index is 0. The Labute approximate surface area is 152 Å². The summed E-state index contributed by atoms with van der Waals surface area (Å²) in [6.45, 7) is -1.13. The van der Waals surface area contributed by atoms with Gasteiger partial charge >= 0.3 is 59.1 Å². The van der Waals surface area contributed by atoms with Crippen LogP contribution in [0.2, 0.25) is 0 Å². The molecule has 0 radical (unpaired) electrons. The van der Waals surface area contributed by atoms with Crippen LogP contribution in [0.25, 0.3) is 0 Å². The zero-order valence-corrected chi connectivity index (χ0v) is 15.3. The van der Waals surface area contributed by atoms with Gasteiger partial charge in [-0.2, -0.15) is 0 Å². The monoisotopic (exact) mass is 319 g/mol. The average Bonchev–Trinajstić information content (AvgIpc) is 2.21. The minimum atomic E-state index is -5.34. The first-order valence-corrected chi connectivity index (χ1v) is 5.70. The molecule has 6 N–H and O–H groups in total. The first-order valence-electron chi connectivity index (χ1n) is 4.24. The van der Waals surface area contributed by atoms with Crippen LogP contribution in [0.1, 0.15) is 0 Å². The number of carbonyl (C=O) groups excluding carboxylic acids is 1. The second-order valence-corrected chi connectivity index (χ2v) is 4.29. The Bertz CT molecular complexity index is 313. The predicted octanol–water partition coefficient (Wildman–Crippen LogP) is -11.2. The van der Waals surface area contributed by atoms with Crippen LogP contribution in [0.15, 0.2) is 0 Å². The smallest absolute Gasteiger partial charge is 0.790 e. The number of aliphatic hydroxyl groups is 4. The van der Waals surface area contributed by atoms with Gasteiger partial charge in [0.1, 0.15) is 18.3 Å². The SMILES string of the molecule is NC(=O)[C@H](O)[C@@H](O)[C@H](O)[C@H](O)COP(=O)([O-])[O-].[Na+].[Na+]. The summed E-state index contributed by atoms with van der Waals surface area (Å²) in [5.41, 5.74) is 4.60. The van der Waals surface area contributed by atoms with E-state index in [2.05, 4.69) is 10.3 Å². The summed E-state index contributed by atoms with van der Waals surface area (Å²) in [7, 11) is -5.34. The number of phosphoric ester groups is 1. The number of amides is 1. The molecule has 0 fully saturated rings. The van der Waals surface area contributed by atoms with Crippen LogP contribution < -0.4 is 74.6 Å². The number of rotatable bonds is 7. The van der Waals surface area contributed by atoms with Crippen molar-refractivity contribution in [2.75, 3.05) is 6.61 Å². The van der Waals surface area contributed by atoms with Gasteiger partial charge in [0.15, 0.2) is 6.10 Å². The molecule has 0 aromatic carbocycles. The van der Waals surface area contributed by atoms with Gasteiger partial charge in [-0.3, -0.25) is 4.79 Å². The molecular weight excluding hydrogens is 307 g/mol. The third kappa shape index (κ3) is 10.7. The molecule has 0 aromatic heterocycles. The van der Waals surface area contributed by atoms with Gasteiger partial charge in [-0.15, -0.1) is 0 Å². The maximum Gasteiger partial charge on any atom is 1.00 e. The van der Waals surface area contributed by atoms with Crippen molar-refractivity contribution >= 4 is 13.7 Å². The number of aliphatic hydroxyl groups excluding tert-OH is 4. The second kappa shape index (κ2) is 11.0. The quantitative estimate of drug-likeness (QED) is 0.223. The third-order valence-electron chi connectivity index (χ3n) is 1.76. The number of nitrogens with two attached hydrogens (primary N) is 1. The molecular formula is C6H12NNa2O9P. The molecule has 0 heterocycles. The normalized spacial score (nSPS) is 17.4. The third-order valence-corrected chi connectivity index (χ3v) is 2.23. The van der Waals surface area contributed by atoms with Gasteiger partial charge in [0.05, 0.1) is 14.4 Å². The van der Waals surface area contributed by atoms with E-state index in [0.717, 1.165) is 0 Å². The van der Waals surface area contributed by atoms with Crippen molar-refractivity contribution in [3.05, 3.63) is 0 Å². The molecule has 19 heavy (non-hydrogen) atoms. The Morgan fingerprint density at radius 2 is 1.58 bits per heavy atom. The molecule has 0 aliphatic rings. The number of hydrogen-bond acceptors (Lipinski definition) is 9. The van der Waals surface area contributed by atoms with Gasteiger partial charge in [-0.25, -0.2) is 0 Å². The molecule has 0 saturated heterocycles. The van der Waals surface area contributed by atoms with Crippen LogP contribution in [0.4, 0.5) is 0 Å². The minimum Gasteiger partial charge on any atom is -0.790 e. The summed E-state index contributed by atoms with van der Waals surface area (Å²) in [4.78, 5) is 30.5. The van der Waals surface area contributed by atoms with Crippen LogP contribution in [-0.2, 0) is 13.9 Å². The Balaban J connectivity index is -0.00000128. The molecule has 4 atom stereocenters. The van der Waals surface area contributed by atoms with Crippen molar-refractivity contribution in [3.63, 3.8) is 0 Å². The standard InChI is InChI=1S/C6H14NO9P.2Na/c7-6(12)5(11)4(10)3(9)2(8)1-16-17(13,14)15;;/h2-5,8-11H,1H2,(H2,7,12)(H2,13,14,15);;/q;2*+1/p-2/t2-,3-,4+,5-;;/m1../s1. The van der Waals surface area contributed by atoms with E-state index in [1.165, 1.54) is 0 Å². The molecule has 102 valence electrons. The van der Waals surface area contributed by atoms with Gasteiger partial charge in [0.2, 0.25) is 5.91 Å². The maximum absolute atomic E-state index is 10.4. The number of carbonyl (C=O) groups is 1. The Morgan fingerprint density at radius 3 is 1.89 bits per heavy atom. The van der Waals surface area contributed by atoms with Gasteiger partial charge in [-0.05, 0) is 0 Å². The van der Waals surface area contributed by atoms with Crippen molar-refractivity contribution in [1.82, 2.24) is 0 Å². The van der Waals surface area contributed by atoms with E-state index in [9.17, 15) is 19.1 Å². The average molecular weight is 319 g/mol. The second-order valence-electron chi connectivity index (χ2n) is 3.14. The molecule has 0 saturated carbocycles. The summed E-state index contributed by atoms with van der Waals surface area (Å²) in [5.74, 6) is -1.36. The van der Waals surface area contributed by atoms with Crippen molar-refractivity contribution in [2.45, 2.75) is 24.4 Å². The topological polar surface area (TPSA) is 196 Å². The van der Waals surface area contributed by atoms with Gasteiger partial charge in [-0.1, -0.05) is 0 Å². The zero-order chi connectivity index (χ0) is 13.8. The Morgan fingerprint density at radius 1 is 1.16 bits per heavy atom. The molecule has 0 aliphatic carbocycles. The van der Waals surface area contributed by atoms with Crippen molar-refractivity contribution in [1.29, 1.82) is 0 Å². The first-order chi connectivity index (χ1) is 7.56.